The van der Waals surface area contributed by atoms with Crippen molar-refractivity contribution in [2.45, 2.75) is 43.9 Å². The minimum absolute atomic E-state index is 0.0474. The van der Waals surface area contributed by atoms with Crippen molar-refractivity contribution in [2.75, 3.05) is 13.9 Å². The van der Waals surface area contributed by atoms with Gasteiger partial charge < -0.3 is 14.2 Å². The van der Waals surface area contributed by atoms with Gasteiger partial charge in [-0.05, 0) is 67.2 Å². The molecule has 1 aromatic rings. The Balaban J connectivity index is 1.61. The molecule has 3 aliphatic rings. The fraction of sp³-hybridized carbons (Fsp3) is 0.588. The molecule has 2 aliphatic carbocycles. The third-order valence-corrected chi connectivity index (χ3v) is 5.52. The number of benzene rings is 1. The molecule has 1 spiro atoms. The minimum atomic E-state index is -0.0474. The van der Waals surface area contributed by atoms with Crippen LogP contribution in [0.4, 0.5) is 0 Å². The van der Waals surface area contributed by atoms with Crippen LogP contribution in [0.3, 0.4) is 0 Å². The summed E-state index contributed by atoms with van der Waals surface area (Å²) in [5, 5.41) is 0. The van der Waals surface area contributed by atoms with E-state index in [0.29, 0.717) is 6.79 Å². The van der Waals surface area contributed by atoms with Crippen molar-refractivity contribution in [1.29, 1.82) is 0 Å². The first-order chi connectivity index (χ1) is 10.2. The van der Waals surface area contributed by atoms with Crippen LogP contribution in [-0.2, 0) is 21.4 Å². The number of carbonyl (C=O) groups is 1. The van der Waals surface area contributed by atoms with E-state index in [1.54, 1.807) is 0 Å². The van der Waals surface area contributed by atoms with Gasteiger partial charge in [-0.25, -0.2) is 0 Å². The molecule has 0 amide bonds. The maximum atomic E-state index is 11.7. The highest BCUT2D eigenvalue weighted by molar-refractivity contribution is 5.72. The molecule has 21 heavy (non-hydrogen) atoms. The van der Waals surface area contributed by atoms with Crippen molar-refractivity contribution in [3.8, 4) is 11.5 Å². The van der Waals surface area contributed by atoms with Crippen LogP contribution < -0.4 is 9.47 Å². The Morgan fingerprint density at radius 3 is 2.62 bits per heavy atom. The first kappa shape index (κ1) is 13.0. The molecule has 1 saturated carbocycles. The van der Waals surface area contributed by atoms with E-state index in [0.717, 1.165) is 43.6 Å². The van der Waals surface area contributed by atoms with Crippen molar-refractivity contribution < 1.29 is 19.0 Å². The molecule has 0 N–H and O–H groups in total. The molecule has 0 saturated heterocycles. The van der Waals surface area contributed by atoms with Crippen molar-refractivity contribution >= 4 is 5.97 Å². The molecular weight excluding hydrogens is 268 g/mol. The highest BCUT2D eigenvalue weighted by Gasteiger charge is 2.44. The molecule has 112 valence electrons. The summed E-state index contributed by atoms with van der Waals surface area (Å²) in [7, 11) is 1.48. The van der Waals surface area contributed by atoms with E-state index in [4.69, 9.17) is 14.2 Å². The lowest BCUT2D eigenvalue weighted by atomic mass is 9.67. The van der Waals surface area contributed by atoms with Crippen LogP contribution in [-0.4, -0.2) is 19.9 Å². The van der Waals surface area contributed by atoms with Crippen LogP contribution in [0.25, 0.3) is 0 Å². The molecule has 0 radical (unpaired) electrons. The zero-order valence-electron chi connectivity index (χ0n) is 12.3. The molecule has 1 fully saturated rings. The van der Waals surface area contributed by atoms with E-state index in [-0.39, 0.29) is 17.3 Å². The third kappa shape index (κ3) is 1.92. The van der Waals surface area contributed by atoms with Gasteiger partial charge in [0.25, 0.3) is 0 Å². The van der Waals surface area contributed by atoms with Gasteiger partial charge in [-0.15, -0.1) is 0 Å². The van der Waals surface area contributed by atoms with E-state index in [1.807, 2.05) is 0 Å². The Kier molecular flexibility index (Phi) is 2.88. The number of fused-ring (bicyclic) bond motifs is 3. The van der Waals surface area contributed by atoms with Crippen LogP contribution in [0.2, 0.25) is 0 Å². The quantitative estimate of drug-likeness (QED) is 0.745. The molecule has 4 heteroatoms. The monoisotopic (exact) mass is 288 g/mol. The second-order valence-electron chi connectivity index (χ2n) is 6.44. The maximum absolute atomic E-state index is 11.7. The normalized spacial score (nSPS) is 29.5. The Morgan fingerprint density at radius 2 is 1.90 bits per heavy atom. The van der Waals surface area contributed by atoms with Gasteiger partial charge >= 0.3 is 5.97 Å². The largest absolute Gasteiger partial charge is 0.469 e. The topological polar surface area (TPSA) is 44.8 Å². The molecule has 1 aliphatic heterocycles. The number of methoxy groups -OCH3 is 1. The number of carbonyl (C=O) groups excluding carboxylic acids is 1. The Labute approximate surface area is 124 Å². The lowest BCUT2D eigenvalue weighted by molar-refractivity contribution is -0.147. The van der Waals surface area contributed by atoms with Gasteiger partial charge in [0.15, 0.2) is 11.5 Å². The van der Waals surface area contributed by atoms with Gasteiger partial charge in [0.2, 0.25) is 6.79 Å². The average molecular weight is 288 g/mol. The minimum Gasteiger partial charge on any atom is -0.469 e. The number of hydrogen-bond donors (Lipinski definition) is 0. The molecule has 4 nitrogen and oxygen atoms in total. The van der Waals surface area contributed by atoms with Gasteiger partial charge in [-0.1, -0.05) is 0 Å². The first-order valence-electron chi connectivity index (χ1n) is 7.73. The summed E-state index contributed by atoms with van der Waals surface area (Å²) in [5.74, 6) is 1.80. The van der Waals surface area contributed by atoms with Crippen LogP contribution in [0.1, 0.15) is 43.2 Å². The van der Waals surface area contributed by atoms with Crippen molar-refractivity contribution in [3.05, 3.63) is 23.3 Å². The molecule has 0 aromatic heterocycles. The molecule has 4 rings (SSSR count). The molecular formula is C17H20O4. The van der Waals surface area contributed by atoms with E-state index < -0.39 is 0 Å². The van der Waals surface area contributed by atoms with Crippen molar-refractivity contribution in [2.24, 2.45) is 5.92 Å². The predicted molar refractivity (Wildman–Crippen MR) is 76.5 cm³/mol. The van der Waals surface area contributed by atoms with Crippen LogP contribution >= 0.6 is 0 Å². The van der Waals surface area contributed by atoms with Crippen molar-refractivity contribution in [3.63, 3.8) is 0 Å². The van der Waals surface area contributed by atoms with Gasteiger partial charge in [0.1, 0.15) is 0 Å². The molecule has 0 atom stereocenters. The highest BCUT2D eigenvalue weighted by atomic mass is 16.7. The summed E-state index contributed by atoms with van der Waals surface area (Å²) < 4.78 is 15.9. The SMILES string of the molecule is COC(=O)C1CCC2(CCc3cc4c(cc32)OCO4)CC1. The summed E-state index contributed by atoms with van der Waals surface area (Å²) in [4.78, 5) is 11.7. The molecule has 0 bridgehead atoms. The first-order valence-corrected chi connectivity index (χ1v) is 7.73. The van der Waals surface area contributed by atoms with Gasteiger partial charge in [-0.2, -0.15) is 0 Å². The summed E-state index contributed by atoms with van der Waals surface area (Å²) in [5.41, 5.74) is 3.06. The summed E-state index contributed by atoms with van der Waals surface area (Å²) in [6, 6.07) is 4.34. The van der Waals surface area contributed by atoms with Gasteiger partial charge in [0.05, 0.1) is 13.0 Å². The smallest absolute Gasteiger partial charge is 0.308 e. The summed E-state index contributed by atoms with van der Waals surface area (Å²) in [6.45, 7) is 0.329. The fourth-order valence-electron chi connectivity index (χ4n) is 4.29. The summed E-state index contributed by atoms with van der Waals surface area (Å²) in [6.07, 6.45) is 6.29. The predicted octanol–water partition coefficient (Wildman–Crippen LogP) is 2.96. The zero-order valence-corrected chi connectivity index (χ0v) is 12.3. The van der Waals surface area contributed by atoms with Crippen LogP contribution in [0.15, 0.2) is 12.1 Å². The molecule has 1 heterocycles. The maximum Gasteiger partial charge on any atom is 0.308 e. The van der Waals surface area contributed by atoms with Gasteiger partial charge in [0, 0.05) is 0 Å². The number of ether oxygens (including phenoxy) is 3. The number of rotatable bonds is 1. The average Bonchev–Trinajstić information content (AvgIpc) is 3.11. The zero-order chi connectivity index (χ0) is 14.4. The van der Waals surface area contributed by atoms with E-state index >= 15 is 0 Å². The van der Waals surface area contributed by atoms with Crippen molar-refractivity contribution in [1.82, 2.24) is 0 Å². The van der Waals surface area contributed by atoms with Crippen LogP contribution in [0, 0.1) is 5.92 Å². The third-order valence-electron chi connectivity index (χ3n) is 5.52. The van der Waals surface area contributed by atoms with Gasteiger partial charge in [-0.3, -0.25) is 4.79 Å². The number of esters is 1. The van der Waals surface area contributed by atoms with E-state index in [9.17, 15) is 4.79 Å². The highest BCUT2D eigenvalue weighted by Crippen LogP contribution is 2.52. The standard InChI is InChI=1S/C17H20O4/c1-19-16(18)11-2-5-17(6-3-11)7-4-12-8-14-15(9-13(12)17)21-10-20-14/h8-9,11H,2-7,10H2,1H3. The Morgan fingerprint density at radius 1 is 1.19 bits per heavy atom. The van der Waals surface area contributed by atoms with E-state index in [2.05, 4.69) is 12.1 Å². The number of hydrogen-bond acceptors (Lipinski definition) is 4. The Bertz CT molecular complexity index is 585. The molecule has 1 aromatic carbocycles. The number of aryl methyl sites for hydroxylation is 1. The Hall–Kier alpha value is -1.71. The second-order valence-corrected chi connectivity index (χ2v) is 6.44. The van der Waals surface area contributed by atoms with E-state index in [1.165, 1.54) is 24.7 Å². The fourth-order valence-corrected chi connectivity index (χ4v) is 4.29. The molecule has 0 unspecified atom stereocenters. The summed E-state index contributed by atoms with van der Waals surface area (Å²) >= 11 is 0. The van der Waals surface area contributed by atoms with Crippen LogP contribution in [0.5, 0.6) is 11.5 Å². The lowest BCUT2D eigenvalue weighted by Gasteiger charge is -2.37. The lowest BCUT2D eigenvalue weighted by Crippen LogP contribution is -2.32. The second kappa shape index (κ2) is 4.65.